The molecule has 0 bridgehead atoms. The van der Waals surface area contributed by atoms with Crippen LogP contribution in [0.4, 0.5) is 0 Å². The molecule has 0 saturated carbocycles. The van der Waals surface area contributed by atoms with Crippen molar-refractivity contribution >= 4 is 40.9 Å². The molecule has 41 heavy (non-hydrogen) atoms. The average molecular weight is 589 g/mol. The quantitative estimate of drug-likeness (QED) is 0.272. The molecule has 0 radical (unpaired) electrons. The molecule has 9 heteroatoms. The summed E-state index contributed by atoms with van der Waals surface area (Å²) in [5.41, 5.74) is 0.962. The number of benzene rings is 2. The Labute approximate surface area is 251 Å². The Morgan fingerprint density at radius 2 is 1.73 bits per heavy atom. The third kappa shape index (κ3) is 9.97. The summed E-state index contributed by atoms with van der Waals surface area (Å²) in [4.78, 5) is 42.0. The van der Waals surface area contributed by atoms with Crippen molar-refractivity contribution < 1.29 is 19.1 Å². The number of rotatable bonds is 15. The van der Waals surface area contributed by atoms with Crippen LogP contribution in [-0.4, -0.2) is 74.1 Å². The predicted octanol–water partition coefficient (Wildman–Crippen LogP) is 4.09. The number of methoxy groups -OCH3 is 1. The van der Waals surface area contributed by atoms with E-state index in [4.69, 9.17) is 4.74 Å². The molecule has 0 spiro atoms. The molecule has 1 unspecified atom stereocenters. The maximum absolute atomic E-state index is 13.7. The first kappa shape index (κ1) is 34.5. The predicted molar refractivity (Wildman–Crippen MR) is 167 cm³/mol. The molecule has 1 aliphatic rings. The fourth-order valence-electron chi connectivity index (χ4n) is 5.35. The van der Waals surface area contributed by atoms with Crippen molar-refractivity contribution in [2.24, 2.45) is 11.8 Å². The third-order valence-corrected chi connectivity index (χ3v) is 7.79. The van der Waals surface area contributed by atoms with Gasteiger partial charge in [0.15, 0.2) is 0 Å². The van der Waals surface area contributed by atoms with Gasteiger partial charge >= 0.3 is 0 Å². The number of halogens is 1. The lowest BCUT2D eigenvalue weighted by atomic mass is 10.00. The number of nitrogens with one attached hydrogen (secondary N) is 3. The number of likely N-dealkylation sites (tertiary alicyclic amines) is 1. The van der Waals surface area contributed by atoms with Gasteiger partial charge in [0.1, 0.15) is 12.1 Å². The van der Waals surface area contributed by atoms with Crippen LogP contribution in [-0.2, 0) is 25.5 Å². The summed E-state index contributed by atoms with van der Waals surface area (Å²) in [5, 5.41) is 11.6. The lowest BCUT2D eigenvalue weighted by Crippen LogP contribution is -2.54. The SMILES string of the molecule is CCC(CC)C(=O)N1C[C@H](OC)CC1C(=O)N[C@H](Cc1ccc2ccccc2c1)C(=O)NCCCNCC(C)C.Cl. The molecule has 3 atom stereocenters. The minimum absolute atomic E-state index is 0. The normalized spacial score (nSPS) is 17.5. The van der Waals surface area contributed by atoms with E-state index in [1.165, 1.54) is 0 Å². The first-order valence-electron chi connectivity index (χ1n) is 14.9. The van der Waals surface area contributed by atoms with Crippen molar-refractivity contribution in [1.82, 2.24) is 20.9 Å². The summed E-state index contributed by atoms with van der Waals surface area (Å²) in [6.45, 7) is 11.0. The van der Waals surface area contributed by atoms with Gasteiger partial charge in [0.25, 0.3) is 0 Å². The zero-order valence-corrected chi connectivity index (χ0v) is 26.1. The highest BCUT2D eigenvalue weighted by Crippen LogP contribution is 2.25. The Balaban J connectivity index is 0.00000588. The van der Waals surface area contributed by atoms with E-state index in [0.717, 1.165) is 48.7 Å². The maximum atomic E-state index is 13.7. The van der Waals surface area contributed by atoms with E-state index in [1.54, 1.807) is 12.0 Å². The summed E-state index contributed by atoms with van der Waals surface area (Å²) in [5.74, 6) is -0.107. The Morgan fingerprint density at radius 1 is 1.02 bits per heavy atom. The van der Waals surface area contributed by atoms with Gasteiger partial charge in [-0.15, -0.1) is 12.4 Å². The van der Waals surface area contributed by atoms with Crippen LogP contribution in [0.5, 0.6) is 0 Å². The Kier molecular flexibility index (Phi) is 14.6. The number of ether oxygens (including phenoxy) is 1. The summed E-state index contributed by atoms with van der Waals surface area (Å²) >= 11 is 0. The molecule has 2 aromatic rings. The number of carbonyl (C=O) groups excluding carboxylic acids is 3. The van der Waals surface area contributed by atoms with E-state index in [0.29, 0.717) is 31.8 Å². The molecule has 8 nitrogen and oxygen atoms in total. The zero-order valence-electron chi connectivity index (χ0n) is 25.3. The second-order valence-electron chi connectivity index (χ2n) is 11.3. The summed E-state index contributed by atoms with van der Waals surface area (Å²) in [6, 6.07) is 12.8. The van der Waals surface area contributed by atoms with Gasteiger partial charge < -0.3 is 25.6 Å². The van der Waals surface area contributed by atoms with Crippen molar-refractivity contribution in [2.75, 3.05) is 33.3 Å². The summed E-state index contributed by atoms with van der Waals surface area (Å²) < 4.78 is 5.55. The minimum atomic E-state index is -0.760. The van der Waals surface area contributed by atoms with Crippen molar-refractivity contribution in [1.29, 1.82) is 0 Å². The fourth-order valence-corrected chi connectivity index (χ4v) is 5.35. The number of carbonyl (C=O) groups is 3. The zero-order chi connectivity index (χ0) is 29.1. The fraction of sp³-hybridized carbons (Fsp3) is 0.594. The Hall–Kier alpha value is -2.68. The first-order chi connectivity index (χ1) is 19.3. The molecule has 1 aliphatic heterocycles. The molecular formula is C32H49ClN4O4. The lowest BCUT2D eigenvalue weighted by Gasteiger charge is -2.28. The standard InChI is InChI=1S/C32H48N4O4.ClH/c1-6-24(7-2)32(39)36-21-27(40-5)19-29(36)31(38)35-28(30(37)34-16-10-15-33-20-22(3)4)18-23-13-14-25-11-8-9-12-26(25)17-23;/h8-9,11-14,17,22,24,27-29,33H,6-7,10,15-16,18-21H2,1-5H3,(H,34,37)(H,35,38);1H/t27-,28-,29?;/m1./s1. The largest absolute Gasteiger partial charge is 0.380 e. The van der Waals surface area contributed by atoms with Crippen LogP contribution < -0.4 is 16.0 Å². The van der Waals surface area contributed by atoms with E-state index >= 15 is 0 Å². The number of nitrogens with zero attached hydrogens (tertiary/aromatic N) is 1. The van der Waals surface area contributed by atoms with Crippen LogP contribution in [0.2, 0.25) is 0 Å². The topological polar surface area (TPSA) is 99.8 Å². The highest BCUT2D eigenvalue weighted by atomic mass is 35.5. The van der Waals surface area contributed by atoms with Gasteiger partial charge in [-0.05, 0) is 54.6 Å². The van der Waals surface area contributed by atoms with E-state index in [1.807, 2.05) is 44.2 Å². The molecule has 0 aromatic heterocycles. The average Bonchev–Trinajstić information content (AvgIpc) is 3.39. The molecule has 1 fully saturated rings. The molecule has 1 heterocycles. The highest BCUT2D eigenvalue weighted by Gasteiger charge is 2.42. The van der Waals surface area contributed by atoms with Gasteiger partial charge in [0.05, 0.1) is 6.10 Å². The van der Waals surface area contributed by atoms with Gasteiger partial charge in [-0.2, -0.15) is 0 Å². The molecule has 228 valence electrons. The van der Waals surface area contributed by atoms with Crippen LogP contribution in [0.1, 0.15) is 58.9 Å². The van der Waals surface area contributed by atoms with E-state index in [9.17, 15) is 14.4 Å². The molecule has 3 rings (SSSR count). The second-order valence-corrected chi connectivity index (χ2v) is 11.3. The highest BCUT2D eigenvalue weighted by molar-refractivity contribution is 5.93. The van der Waals surface area contributed by atoms with Gasteiger partial charge in [0.2, 0.25) is 17.7 Å². The van der Waals surface area contributed by atoms with E-state index in [2.05, 4.69) is 41.9 Å². The molecule has 1 saturated heterocycles. The van der Waals surface area contributed by atoms with Crippen LogP contribution in [0.25, 0.3) is 10.8 Å². The summed E-state index contributed by atoms with van der Waals surface area (Å²) in [6.07, 6.45) is 2.80. The number of hydrogen-bond acceptors (Lipinski definition) is 5. The Morgan fingerprint density at radius 3 is 2.39 bits per heavy atom. The van der Waals surface area contributed by atoms with Gasteiger partial charge in [-0.3, -0.25) is 14.4 Å². The van der Waals surface area contributed by atoms with Gasteiger partial charge in [-0.25, -0.2) is 0 Å². The van der Waals surface area contributed by atoms with Gasteiger partial charge in [-0.1, -0.05) is 70.2 Å². The minimum Gasteiger partial charge on any atom is -0.380 e. The van der Waals surface area contributed by atoms with E-state index < -0.39 is 12.1 Å². The maximum Gasteiger partial charge on any atom is 0.243 e. The third-order valence-electron chi connectivity index (χ3n) is 7.79. The lowest BCUT2D eigenvalue weighted by molar-refractivity contribution is -0.142. The number of amides is 3. The van der Waals surface area contributed by atoms with E-state index in [-0.39, 0.29) is 42.2 Å². The number of hydrogen-bond donors (Lipinski definition) is 3. The van der Waals surface area contributed by atoms with Crippen LogP contribution in [0.3, 0.4) is 0 Å². The monoisotopic (exact) mass is 588 g/mol. The van der Waals surface area contributed by atoms with Crippen LogP contribution in [0, 0.1) is 11.8 Å². The molecule has 2 aromatic carbocycles. The van der Waals surface area contributed by atoms with Crippen LogP contribution >= 0.6 is 12.4 Å². The van der Waals surface area contributed by atoms with Crippen molar-refractivity contribution in [3.8, 4) is 0 Å². The van der Waals surface area contributed by atoms with Crippen LogP contribution in [0.15, 0.2) is 42.5 Å². The van der Waals surface area contributed by atoms with Gasteiger partial charge in [0, 0.05) is 39.0 Å². The molecule has 3 N–H and O–H groups in total. The van der Waals surface area contributed by atoms with Crippen molar-refractivity contribution in [3.05, 3.63) is 48.0 Å². The van der Waals surface area contributed by atoms with Crippen molar-refractivity contribution in [2.45, 2.75) is 78.0 Å². The number of fused-ring (bicyclic) bond motifs is 1. The Bertz CT molecular complexity index is 1120. The first-order valence-corrected chi connectivity index (χ1v) is 14.9. The second kappa shape index (κ2) is 17.3. The summed E-state index contributed by atoms with van der Waals surface area (Å²) in [7, 11) is 1.61. The molecule has 3 amide bonds. The van der Waals surface area contributed by atoms with Crippen molar-refractivity contribution in [3.63, 3.8) is 0 Å². The molecular weight excluding hydrogens is 540 g/mol. The smallest absolute Gasteiger partial charge is 0.243 e. The molecule has 0 aliphatic carbocycles.